The molecule has 0 unspecified atom stereocenters. The van der Waals surface area contributed by atoms with Crippen LogP contribution in [0.5, 0.6) is 0 Å². The summed E-state index contributed by atoms with van der Waals surface area (Å²) in [6, 6.07) is 14.6. The van der Waals surface area contributed by atoms with Gasteiger partial charge >= 0.3 is 0 Å². The summed E-state index contributed by atoms with van der Waals surface area (Å²) < 4.78 is 0. The van der Waals surface area contributed by atoms with Crippen LogP contribution in [0, 0.1) is 0 Å². The molecule has 0 aromatic heterocycles. The molecule has 0 saturated carbocycles. The Kier molecular flexibility index (Phi) is 4.65. The van der Waals surface area contributed by atoms with Crippen molar-refractivity contribution in [3.05, 3.63) is 70.8 Å². The van der Waals surface area contributed by atoms with Gasteiger partial charge in [0.25, 0.3) is 11.8 Å². The molecule has 3 rings (SSSR count). The van der Waals surface area contributed by atoms with E-state index in [-0.39, 0.29) is 12.5 Å². The summed E-state index contributed by atoms with van der Waals surface area (Å²) in [6.45, 7) is 4.34. The van der Waals surface area contributed by atoms with Gasteiger partial charge in [-0.3, -0.25) is 19.3 Å². The highest BCUT2D eigenvalue weighted by molar-refractivity contribution is 6.22. The fourth-order valence-corrected chi connectivity index (χ4v) is 2.80. The summed E-state index contributed by atoms with van der Waals surface area (Å²) in [5.74, 6) is -0.742. The zero-order valence-corrected chi connectivity index (χ0v) is 14.3. The zero-order chi connectivity index (χ0) is 18.0. The third-order valence-corrected chi connectivity index (χ3v) is 4.32. The third-order valence-electron chi connectivity index (χ3n) is 4.32. The molecule has 1 aliphatic heterocycles. The van der Waals surface area contributed by atoms with Gasteiger partial charge in [-0.2, -0.15) is 0 Å². The molecule has 5 nitrogen and oxygen atoms in total. The second kappa shape index (κ2) is 6.89. The van der Waals surface area contributed by atoms with Crippen LogP contribution >= 0.6 is 0 Å². The second-order valence-corrected chi connectivity index (χ2v) is 6.42. The number of nitrogens with zero attached hydrogens (tertiary/aromatic N) is 1. The quantitative estimate of drug-likeness (QED) is 0.854. The second-order valence-electron chi connectivity index (χ2n) is 6.42. The Labute approximate surface area is 146 Å². The van der Waals surface area contributed by atoms with Crippen LogP contribution in [-0.4, -0.2) is 29.2 Å². The standard InChI is InChI=1S/C20H20N2O3/c1-13(2)15-9-7-14(8-10-15)11-21-18(23)12-22-19(24)16-5-3-4-6-17(16)20(22)25/h3-10,13H,11-12H2,1-2H3,(H,21,23). The fraction of sp³-hybridized carbons (Fsp3) is 0.250. The summed E-state index contributed by atoms with van der Waals surface area (Å²) in [6.07, 6.45) is 0. The molecule has 1 N–H and O–H groups in total. The average Bonchev–Trinajstić information content (AvgIpc) is 2.86. The predicted octanol–water partition coefficient (Wildman–Crippen LogP) is 2.72. The maximum atomic E-state index is 12.2. The van der Waals surface area contributed by atoms with Gasteiger partial charge in [0.1, 0.15) is 6.54 Å². The number of benzene rings is 2. The summed E-state index contributed by atoms with van der Waals surface area (Å²) >= 11 is 0. The van der Waals surface area contributed by atoms with E-state index in [9.17, 15) is 14.4 Å². The van der Waals surface area contributed by atoms with Crippen molar-refractivity contribution >= 4 is 17.7 Å². The first-order valence-corrected chi connectivity index (χ1v) is 8.28. The van der Waals surface area contributed by atoms with Crippen LogP contribution in [0.15, 0.2) is 48.5 Å². The van der Waals surface area contributed by atoms with Gasteiger partial charge < -0.3 is 5.32 Å². The normalized spacial score (nSPS) is 13.3. The maximum Gasteiger partial charge on any atom is 0.262 e. The van der Waals surface area contributed by atoms with Crippen LogP contribution in [0.3, 0.4) is 0 Å². The lowest BCUT2D eigenvalue weighted by atomic mass is 10.0. The highest BCUT2D eigenvalue weighted by Crippen LogP contribution is 2.22. The number of amides is 3. The van der Waals surface area contributed by atoms with Gasteiger partial charge in [0, 0.05) is 6.54 Å². The SMILES string of the molecule is CC(C)c1ccc(CNC(=O)CN2C(=O)c3ccccc3C2=O)cc1. The van der Waals surface area contributed by atoms with Crippen LogP contribution in [0.25, 0.3) is 0 Å². The Bertz CT molecular complexity index is 790. The molecule has 0 aliphatic carbocycles. The highest BCUT2D eigenvalue weighted by atomic mass is 16.2. The smallest absolute Gasteiger partial charge is 0.262 e. The number of fused-ring (bicyclic) bond motifs is 1. The lowest BCUT2D eigenvalue weighted by molar-refractivity contribution is -0.121. The number of hydrogen-bond donors (Lipinski definition) is 1. The molecule has 0 atom stereocenters. The molecule has 0 fully saturated rings. The topological polar surface area (TPSA) is 66.5 Å². The lowest BCUT2D eigenvalue weighted by Gasteiger charge is -2.14. The lowest BCUT2D eigenvalue weighted by Crippen LogP contribution is -2.40. The van der Waals surface area contributed by atoms with Crippen LogP contribution in [0.1, 0.15) is 51.6 Å². The van der Waals surface area contributed by atoms with E-state index < -0.39 is 11.8 Å². The highest BCUT2D eigenvalue weighted by Gasteiger charge is 2.36. The van der Waals surface area contributed by atoms with Crippen molar-refractivity contribution in [1.82, 2.24) is 10.2 Å². The van der Waals surface area contributed by atoms with Crippen molar-refractivity contribution in [2.45, 2.75) is 26.3 Å². The summed E-state index contributed by atoms with van der Waals surface area (Å²) in [5.41, 5.74) is 2.91. The molecule has 1 aliphatic rings. The van der Waals surface area contributed by atoms with Gasteiger partial charge in [-0.1, -0.05) is 50.2 Å². The summed E-state index contributed by atoms with van der Waals surface area (Å²) in [7, 11) is 0. The van der Waals surface area contributed by atoms with Crippen molar-refractivity contribution in [3.63, 3.8) is 0 Å². The number of carbonyl (C=O) groups is 3. The van der Waals surface area contributed by atoms with Gasteiger partial charge in [0.2, 0.25) is 5.91 Å². The maximum absolute atomic E-state index is 12.2. The first kappa shape index (κ1) is 16.9. The predicted molar refractivity (Wildman–Crippen MR) is 94.2 cm³/mol. The number of rotatable bonds is 5. The van der Waals surface area contributed by atoms with Crippen molar-refractivity contribution in [3.8, 4) is 0 Å². The number of nitrogens with one attached hydrogen (secondary N) is 1. The van der Waals surface area contributed by atoms with Gasteiger partial charge in [-0.15, -0.1) is 0 Å². The minimum absolute atomic E-state index is 0.267. The molecule has 128 valence electrons. The molecule has 0 radical (unpaired) electrons. The van der Waals surface area contributed by atoms with E-state index in [1.807, 2.05) is 24.3 Å². The van der Waals surface area contributed by atoms with Crippen LogP contribution in [0.2, 0.25) is 0 Å². The van der Waals surface area contributed by atoms with E-state index in [4.69, 9.17) is 0 Å². The molecule has 0 bridgehead atoms. The van der Waals surface area contributed by atoms with Crippen LogP contribution in [-0.2, 0) is 11.3 Å². The van der Waals surface area contributed by atoms with Gasteiger partial charge in [0.05, 0.1) is 11.1 Å². The molecular formula is C20H20N2O3. The van der Waals surface area contributed by atoms with Crippen molar-refractivity contribution in [2.24, 2.45) is 0 Å². The Morgan fingerprint density at radius 1 is 0.960 bits per heavy atom. The van der Waals surface area contributed by atoms with Gasteiger partial charge in [-0.25, -0.2) is 0 Å². The van der Waals surface area contributed by atoms with E-state index >= 15 is 0 Å². The Morgan fingerprint density at radius 3 is 2.04 bits per heavy atom. The van der Waals surface area contributed by atoms with E-state index in [2.05, 4.69) is 19.2 Å². The molecule has 3 amide bonds. The van der Waals surface area contributed by atoms with Crippen molar-refractivity contribution in [2.75, 3.05) is 6.54 Å². The minimum Gasteiger partial charge on any atom is -0.350 e. The monoisotopic (exact) mass is 336 g/mol. The fourth-order valence-electron chi connectivity index (χ4n) is 2.80. The molecule has 5 heteroatoms. The van der Waals surface area contributed by atoms with Crippen LogP contribution < -0.4 is 5.32 Å². The number of imide groups is 1. The Hall–Kier alpha value is -2.95. The van der Waals surface area contributed by atoms with Crippen LogP contribution in [0.4, 0.5) is 0 Å². The van der Waals surface area contributed by atoms with Crippen molar-refractivity contribution in [1.29, 1.82) is 0 Å². The number of hydrogen-bond acceptors (Lipinski definition) is 3. The van der Waals surface area contributed by atoms with E-state index in [1.165, 1.54) is 5.56 Å². The molecule has 2 aromatic carbocycles. The molecule has 0 saturated heterocycles. The summed E-state index contributed by atoms with van der Waals surface area (Å²) in [4.78, 5) is 37.6. The minimum atomic E-state index is -0.419. The summed E-state index contributed by atoms with van der Waals surface area (Å²) in [5, 5.41) is 2.76. The molecule has 0 spiro atoms. The Morgan fingerprint density at radius 2 is 1.52 bits per heavy atom. The molecule has 1 heterocycles. The zero-order valence-electron chi connectivity index (χ0n) is 14.3. The van der Waals surface area contributed by atoms with E-state index in [0.29, 0.717) is 23.6 Å². The first-order valence-electron chi connectivity index (χ1n) is 8.28. The number of carbonyl (C=O) groups excluding carboxylic acids is 3. The van der Waals surface area contributed by atoms with E-state index in [1.54, 1.807) is 24.3 Å². The van der Waals surface area contributed by atoms with Crippen molar-refractivity contribution < 1.29 is 14.4 Å². The average molecular weight is 336 g/mol. The molecule has 2 aromatic rings. The Balaban J connectivity index is 1.58. The molecular weight excluding hydrogens is 316 g/mol. The van der Waals surface area contributed by atoms with Gasteiger partial charge in [-0.05, 0) is 29.2 Å². The first-order chi connectivity index (χ1) is 12.0. The molecule has 25 heavy (non-hydrogen) atoms. The van der Waals surface area contributed by atoms with E-state index in [0.717, 1.165) is 10.5 Å². The van der Waals surface area contributed by atoms with Gasteiger partial charge in [0.15, 0.2) is 0 Å². The largest absolute Gasteiger partial charge is 0.350 e. The third kappa shape index (κ3) is 3.45.